The Kier molecular flexibility index (Phi) is 8.42. The van der Waals surface area contributed by atoms with Gasteiger partial charge >= 0.3 is 0 Å². The minimum absolute atomic E-state index is 0.0950. The first-order valence-electron chi connectivity index (χ1n) is 7.66. The van der Waals surface area contributed by atoms with Gasteiger partial charge in [-0.25, -0.2) is 4.39 Å². The van der Waals surface area contributed by atoms with Crippen molar-refractivity contribution < 1.29 is 22.8 Å². The van der Waals surface area contributed by atoms with Crippen LogP contribution in [0, 0.1) is 11.2 Å². The van der Waals surface area contributed by atoms with E-state index in [0.717, 1.165) is 0 Å². The third-order valence-corrected chi connectivity index (χ3v) is 5.05. The summed E-state index contributed by atoms with van der Waals surface area (Å²) in [5.41, 5.74) is -0.375. The summed E-state index contributed by atoms with van der Waals surface area (Å²) in [6.07, 6.45) is 0.845. The molecule has 0 bridgehead atoms. The summed E-state index contributed by atoms with van der Waals surface area (Å²) in [6, 6.07) is 2.88. The second-order valence-electron chi connectivity index (χ2n) is 5.72. The quantitative estimate of drug-likeness (QED) is 0.357. The van der Waals surface area contributed by atoms with E-state index in [2.05, 4.69) is 26.9 Å². The predicted molar refractivity (Wildman–Crippen MR) is 95.5 cm³/mol. The van der Waals surface area contributed by atoms with Crippen molar-refractivity contribution in [3.05, 3.63) is 28.5 Å². The highest BCUT2D eigenvalue weighted by molar-refractivity contribution is 6.31. The summed E-state index contributed by atoms with van der Waals surface area (Å²) in [5, 5.41) is -0.0950. The fourth-order valence-corrected chi connectivity index (χ4v) is 4.19. The van der Waals surface area contributed by atoms with E-state index in [0.29, 0.717) is 19.3 Å². The van der Waals surface area contributed by atoms with Crippen molar-refractivity contribution in [3.8, 4) is 5.75 Å². The first-order valence-corrected chi connectivity index (χ1v) is 12.0. The van der Waals surface area contributed by atoms with Gasteiger partial charge in [-0.15, -0.1) is 0 Å². The lowest BCUT2D eigenvalue weighted by molar-refractivity contribution is -0.0855. The van der Waals surface area contributed by atoms with Crippen molar-refractivity contribution in [2.24, 2.45) is 5.41 Å². The van der Waals surface area contributed by atoms with Crippen LogP contribution in [0.5, 0.6) is 5.75 Å². The van der Waals surface area contributed by atoms with Gasteiger partial charge in [0.25, 0.3) is 0 Å². The van der Waals surface area contributed by atoms with Gasteiger partial charge in [0.05, 0.1) is 17.2 Å². The fourth-order valence-electron chi connectivity index (χ4n) is 2.13. The van der Waals surface area contributed by atoms with Gasteiger partial charge < -0.3 is 13.6 Å². The first kappa shape index (κ1) is 20.3. The second kappa shape index (κ2) is 9.53. The molecule has 0 saturated heterocycles. The molecule has 1 rings (SSSR count). The molecule has 0 aliphatic carbocycles. The summed E-state index contributed by atoms with van der Waals surface area (Å²) < 4.78 is 31.0. The molecule has 0 saturated carbocycles. The molecule has 0 spiro atoms. The standard InChI is InChI=1S/C15H24ClFO4Si2/c1-15(2,14(20-22-3)21-23-4)7-8-19-12-6-5-11(16)13(17)10(12)9-18/h5-6,9,14H,7-8,22-23H2,1-4H3. The molecule has 0 unspecified atom stereocenters. The van der Waals surface area contributed by atoms with E-state index in [4.69, 9.17) is 25.2 Å². The van der Waals surface area contributed by atoms with Crippen LogP contribution < -0.4 is 4.74 Å². The van der Waals surface area contributed by atoms with Crippen molar-refractivity contribution >= 4 is 37.4 Å². The van der Waals surface area contributed by atoms with Gasteiger partial charge in [-0.3, -0.25) is 4.79 Å². The Morgan fingerprint density at radius 2 is 1.91 bits per heavy atom. The van der Waals surface area contributed by atoms with Crippen molar-refractivity contribution in [3.63, 3.8) is 0 Å². The van der Waals surface area contributed by atoms with Crippen LogP contribution in [0.25, 0.3) is 0 Å². The normalized spacial score (nSPS) is 14.0. The Bertz CT molecular complexity index is 522. The number of halogens is 2. The van der Waals surface area contributed by atoms with E-state index in [1.54, 1.807) is 0 Å². The number of ether oxygens (including phenoxy) is 1. The van der Waals surface area contributed by atoms with Crippen LogP contribution in [0.15, 0.2) is 12.1 Å². The van der Waals surface area contributed by atoms with E-state index in [1.165, 1.54) is 12.1 Å². The molecule has 0 radical (unpaired) electrons. The number of hydrogen-bond donors (Lipinski definition) is 0. The second-order valence-corrected chi connectivity index (χ2v) is 7.95. The summed E-state index contributed by atoms with van der Waals surface area (Å²) in [7, 11) is -1.16. The van der Waals surface area contributed by atoms with Crippen molar-refractivity contribution in [2.75, 3.05) is 6.61 Å². The van der Waals surface area contributed by atoms with Crippen LogP contribution in [-0.4, -0.2) is 38.7 Å². The molecule has 0 heterocycles. The molecule has 8 heteroatoms. The lowest BCUT2D eigenvalue weighted by Gasteiger charge is -2.34. The van der Waals surface area contributed by atoms with Gasteiger partial charge in [-0.2, -0.15) is 0 Å². The molecule has 0 N–H and O–H groups in total. The molecular formula is C15H24ClFO4Si2. The predicted octanol–water partition coefficient (Wildman–Crippen LogP) is 2.71. The smallest absolute Gasteiger partial charge is 0.161 e. The van der Waals surface area contributed by atoms with Crippen molar-refractivity contribution in [1.29, 1.82) is 0 Å². The van der Waals surface area contributed by atoms with Crippen LogP contribution >= 0.6 is 11.6 Å². The summed E-state index contributed by atoms with van der Waals surface area (Å²) in [5.74, 6) is -0.553. The molecule has 4 nitrogen and oxygen atoms in total. The van der Waals surface area contributed by atoms with Gasteiger partial charge in [0, 0.05) is 5.41 Å². The molecular weight excluding hydrogens is 355 g/mol. The van der Waals surface area contributed by atoms with Crippen LogP contribution in [0.1, 0.15) is 30.6 Å². The lowest BCUT2D eigenvalue weighted by atomic mass is 9.89. The third-order valence-electron chi connectivity index (χ3n) is 3.49. The van der Waals surface area contributed by atoms with Crippen molar-refractivity contribution in [2.45, 2.75) is 39.7 Å². The molecule has 0 aliphatic heterocycles. The summed E-state index contributed by atoms with van der Waals surface area (Å²) in [4.78, 5) is 11.0. The van der Waals surface area contributed by atoms with Gasteiger partial charge in [0.1, 0.15) is 12.0 Å². The summed E-state index contributed by atoms with van der Waals surface area (Å²) >= 11 is 5.67. The average molecular weight is 379 g/mol. The Hall–Kier alpha value is -0.736. The maximum atomic E-state index is 13.8. The lowest BCUT2D eigenvalue weighted by Crippen LogP contribution is -2.37. The maximum Gasteiger partial charge on any atom is 0.161 e. The summed E-state index contributed by atoms with van der Waals surface area (Å²) in [6.45, 7) is 8.56. The van der Waals surface area contributed by atoms with E-state index in [-0.39, 0.29) is 28.0 Å². The molecule has 0 aromatic heterocycles. The zero-order chi connectivity index (χ0) is 17.5. The molecule has 0 amide bonds. The Balaban J connectivity index is 2.72. The zero-order valence-corrected chi connectivity index (χ0v) is 17.6. The van der Waals surface area contributed by atoms with Gasteiger partial charge in [0.15, 0.2) is 31.6 Å². The molecule has 23 heavy (non-hydrogen) atoms. The molecule has 130 valence electrons. The van der Waals surface area contributed by atoms with Crippen molar-refractivity contribution in [1.82, 2.24) is 0 Å². The number of rotatable bonds is 10. The van der Waals surface area contributed by atoms with E-state index >= 15 is 0 Å². The van der Waals surface area contributed by atoms with Gasteiger partial charge in [0.2, 0.25) is 0 Å². The zero-order valence-electron chi connectivity index (χ0n) is 14.0. The first-order chi connectivity index (χ1) is 10.9. The van der Waals surface area contributed by atoms with Crippen LogP contribution in [0.4, 0.5) is 4.39 Å². The number of aldehydes is 1. The number of carbonyl (C=O) groups excluding carboxylic acids is 1. The Morgan fingerprint density at radius 3 is 2.43 bits per heavy atom. The molecule has 0 fully saturated rings. The topological polar surface area (TPSA) is 44.8 Å². The molecule has 1 aromatic rings. The monoisotopic (exact) mass is 378 g/mol. The Morgan fingerprint density at radius 1 is 1.30 bits per heavy atom. The maximum absolute atomic E-state index is 13.8. The molecule has 0 aliphatic rings. The van der Waals surface area contributed by atoms with Gasteiger partial charge in [-0.1, -0.05) is 38.5 Å². The van der Waals surface area contributed by atoms with E-state index in [9.17, 15) is 9.18 Å². The highest BCUT2D eigenvalue weighted by Crippen LogP contribution is 2.30. The van der Waals surface area contributed by atoms with E-state index < -0.39 is 25.3 Å². The largest absolute Gasteiger partial charge is 0.493 e. The SMILES string of the molecule is C[SiH2]OC(O[SiH2]C)C(C)(C)CCOc1ccc(Cl)c(F)c1C=O. The van der Waals surface area contributed by atoms with Crippen LogP contribution in [-0.2, 0) is 8.85 Å². The van der Waals surface area contributed by atoms with Crippen LogP contribution in [0.2, 0.25) is 18.1 Å². The van der Waals surface area contributed by atoms with Gasteiger partial charge in [-0.05, 0) is 18.6 Å². The van der Waals surface area contributed by atoms with Crippen LogP contribution in [0.3, 0.4) is 0 Å². The minimum Gasteiger partial charge on any atom is -0.493 e. The number of carbonyl (C=O) groups is 1. The highest BCUT2D eigenvalue weighted by Gasteiger charge is 2.30. The number of benzene rings is 1. The fraction of sp³-hybridized carbons (Fsp3) is 0.533. The number of hydrogen-bond acceptors (Lipinski definition) is 4. The third kappa shape index (κ3) is 5.68. The average Bonchev–Trinajstić information content (AvgIpc) is 2.50. The highest BCUT2D eigenvalue weighted by atomic mass is 35.5. The minimum atomic E-state index is -0.753. The Labute approximate surface area is 146 Å². The molecule has 0 atom stereocenters. The molecule has 1 aromatic carbocycles. The van der Waals surface area contributed by atoms with E-state index in [1.807, 2.05) is 0 Å².